The molecule has 0 radical (unpaired) electrons. The van der Waals surface area contributed by atoms with Gasteiger partial charge in [-0.2, -0.15) is 0 Å². The standard InChI is InChI=1S/C8H17NO2/c1-8(2,3)6(5-9)4-7(10)11/h6H,4-5,9H2,1-3H3,(H,10,11)/t6-/m0/s1. The van der Waals surface area contributed by atoms with Crippen LogP contribution in [0.3, 0.4) is 0 Å². The molecule has 0 rings (SSSR count). The summed E-state index contributed by atoms with van der Waals surface area (Å²) < 4.78 is 0. The maximum atomic E-state index is 10.4. The van der Waals surface area contributed by atoms with Gasteiger partial charge in [-0.05, 0) is 17.9 Å². The topological polar surface area (TPSA) is 63.3 Å². The van der Waals surface area contributed by atoms with Crippen LogP contribution < -0.4 is 5.73 Å². The van der Waals surface area contributed by atoms with Crippen molar-refractivity contribution in [3.8, 4) is 0 Å². The molecule has 3 heteroatoms. The first-order valence-electron chi connectivity index (χ1n) is 3.79. The molecule has 0 aliphatic carbocycles. The van der Waals surface area contributed by atoms with Gasteiger partial charge in [0.25, 0.3) is 0 Å². The summed E-state index contributed by atoms with van der Waals surface area (Å²) in [6, 6.07) is 0. The summed E-state index contributed by atoms with van der Waals surface area (Å²) in [7, 11) is 0. The van der Waals surface area contributed by atoms with E-state index < -0.39 is 5.97 Å². The third kappa shape index (κ3) is 3.98. The molecule has 0 aliphatic rings. The highest BCUT2D eigenvalue weighted by Gasteiger charge is 2.25. The SMILES string of the molecule is CC(C)(C)[C@H](CN)CC(=O)O. The second-order valence-corrected chi connectivity index (χ2v) is 3.90. The summed E-state index contributed by atoms with van der Waals surface area (Å²) in [5.74, 6) is -0.699. The fourth-order valence-corrected chi connectivity index (χ4v) is 0.954. The van der Waals surface area contributed by atoms with Gasteiger partial charge in [0.2, 0.25) is 0 Å². The number of aliphatic carboxylic acids is 1. The van der Waals surface area contributed by atoms with E-state index in [4.69, 9.17) is 10.8 Å². The molecule has 0 fully saturated rings. The average molecular weight is 159 g/mol. The van der Waals surface area contributed by atoms with E-state index in [1.807, 2.05) is 20.8 Å². The van der Waals surface area contributed by atoms with E-state index in [2.05, 4.69) is 0 Å². The van der Waals surface area contributed by atoms with Crippen LogP contribution in [-0.2, 0) is 4.79 Å². The lowest BCUT2D eigenvalue weighted by Crippen LogP contribution is -2.30. The molecule has 66 valence electrons. The zero-order chi connectivity index (χ0) is 9.07. The Balaban J connectivity index is 4.07. The van der Waals surface area contributed by atoms with E-state index in [1.165, 1.54) is 0 Å². The Kier molecular flexibility index (Phi) is 3.52. The number of carboxylic acids is 1. The maximum absolute atomic E-state index is 10.4. The van der Waals surface area contributed by atoms with Crippen molar-refractivity contribution >= 4 is 5.97 Å². The molecule has 11 heavy (non-hydrogen) atoms. The third-order valence-electron chi connectivity index (χ3n) is 1.93. The highest BCUT2D eigenvalue weighted by atomic mass is 16.4. The molecule has 0 amide bonds. The van der Waals surface area contributed by atoms with Crippen molar-refractivity contribution in [2.24, 2.45) is 17.1 Å². The van der Waals surface area contributed by atoms with Gasteiger partial charge < -0.3 is 10.8 Å². The fraction of sp³-hybridized carbons (Fsp3) is 0.875. The van der Waals surface area contributed by atoms with Crippen molar-refractivity contribution in [2.45, 2.75) is 27.2 Å². The first-order chi connectivity index (χ1) is 4.88. The van der Waals surface area contributed by atoms with Crippen LogP contribution >= 0.6 is 0 Å². The maximum Gasteiger partial charge on any atom is 0.303 e. The molecule has 3 nitrogen and oxygen atoms in total. The summed E-state index contributed by atoms with van der Waals surface area (Å²) in [5, 5.41) is 8.52. The largest absolute Gasteiger partial charge is 0.481 e. The molecule has 0 saturated carbocycles. The second-order valence-electron chi connectivity index (χ2n) is 3.90. The Hall–Kier alpha value is -0.570. The molecular weight excluding hydrogens is 142 g/mol. The quantitative estimate of drug-likeness (QED) is 0.647. The van der Waals surface area contributed by atoms with E-state index in [1.54, 1.807) is 0 Å². The van der Waals surface area contributed by atoms with Crippen LogP contribution in [0, 0.1) is 11.3 Å². The molecule has 0 saturated heterocycles. The van der Waals surface area contributed by atoms with Crippen molar-refractivity contribution in [3.05, 3.63) is 0 Å². The van der Waals surface area contributed by atoms with Crippen molar-refractivity contribution in [1.82, 2.24) is 0 Å². The lowest BCUT2D eigenvalue weighted by molar-refractivity contribution is -0.138. The lowest BCUT2D eigenvalue weighted by Gasteiger charge is -2.27. The van der Waals surface area contributed by atoms with Gasteiger partial charge in [-0.25, -0.2) is 0 Å². The molecule has 0 aliphatic heterocycles. The van der Waals surface area contributed by atoms with Crippen LogP contribution in [0.5, 0.6) is 0 Å². The predicted octanol–water partition coefficient (Wildman–Crippen LogP) is 1.08. The second kappa shape index (κ2) is 3.72. The van der Waals surface area contributed by atoms with Gasteiger partial charge in [0.1, 0.15) is 0 Å². The number of nitrogens with two attached hydrogens (primary N) is 1. The van der Waals surface area contributed by atoms with Crippen molar-refractivity contribution in [1.29, 1.82) is 0 Å². The summed E-state index contributed by atoms with van der Waals surface area (Å²) in [5.41, 5.74) is 5.44. The molecule has 0 aromatic carbocycles. The highest BCUT2D eigenvalue weighted by Crippen LogP contribution is 2.27. The van der Waals surface area contributed by atoms with Crippen molar-refractivity contribution in [2.75, 3.05) is 6.54 Å². The zero-order valence-electron chi connectivity index (χ0n) is 7.42. The van der Waals surface area contributed by atoms with Crippen LogP contribution in [0.4, 0.5) is 0 Å². The van der Waals surface area contributed by atoms with Gasteiger partial charge in [-0.15, -0.1) is 0 Å². The van der Waals surface area contributed by atoms with E-state index in [0.717, 1.165) is 0 Å². The van der Waals surface area contributed by atoms with Gasteiger partial charge in [0, 0.05) is 6.42 Å². The van der Waals surface area contributed by atoms with Crippen LogP contribution in [-0.4, -0.2) is 17.6 Å². The van der Waals surface area contributed by atoms with Crippen molar-refractivity contribution in [3.63, 3.8) is 0 Å². The molecule has 0 unspecified atom stereocenters. The Morgan fingerprint density at radius 1 is 1.55 bits per heavy atom. The first kappa shape index (κ1) is 10.4. The van der Waals surface area contributed by atoms with E-state index in [-0.39, 0.29) is 17.8 Å². The van der Waals surface area contributed by atoms with Gasteiger partial charge >= 0.3 is 5.97 Å². The van der Waals surface area contributed by atoms with Gasteiger partial charge in [0.15, 0.2) is 0 Å². The van der Waals surface area contributed by atoms with Crippen LogP contribution in [0.15, 0.2) is 0 Å². The minimum atomic E-state index is -0.768. The molecule has 0 aromatic heterocycles. The smallest absolute Gasteiger partial charge is 0.303 e. The van der Waals surface area contributed by atoms with Gasteiger partial charge in [-0.3, -0.25) is 4.79 Å². The molecule has 0 bridgehead atoms. The number of rotatable bonds is 3. The fourth-order valence-electron chi connectivity index (χ4n) is 0.954. The Morgan fingerprint density at radius 3 is 2.09 bits per heavy atom. The summed E-state index contributed by atoms with van der Waals surface area (Å²) in [4.78, 5) is 10.4. The number of hydrogen-bond acceptors (Lipinski definition) is 2. The molecule has 0 aromatic rings. The van der Waals surface area contributed by atoms with E-state index >= 15 is 0 Å². The molecule has 0 heterocycles. The Labute approximate surface area is 67.6 Å². The van der Waals surface area contributed by atoms with Gasteiger partial charge in [-0.1, -0.05) is 20.8 Å². The molecule has 3 N–H and O–H groups in total. The van der Waals surface area contributed by atoms with Crippen LogP contribution in [0.25, 0.3) is 0 Å². The monoisotopic (exact) mass is 159 g/mol. The normalized spacial score (nSPS) is 14.5. The van der Waals surface area contributed by atoms with Crippen LogP contribution in [0.2, 0.25) is 0 Å². The Bertz CT molecular complexity index is 138. The Morgan fingerprint density at radius 2 is 2.00 bits per heavy atom. The summed E-state index contributed by atoms with van der Waals surface area (Å²) >= 11 is 0. The van der Waals surface area contributed by atoms with Crippen LogP contribution in [0.1, 0.15) is 27.2 Å². The number of hydrogen-bond donors (Lipinski definition) is 2. The molecule has 0 spiro atoms. The lowest BCUT2D eigenvalue weighted by atomic mass is 9.79. The van der Waals surface area contributed by atoms with Gasteiger partial charge in [0.05, 0.1) is 0 Å². The predicted molar refractivity (Wildman–Crippen MR) is 44.3 cm³/mol. The van der Waals surface area contributed by atoms with E-state index in [0.29, 0.717) is 6.54 Å². The average Bonchev–Trinajstić information content (AvgIpc) is 1.79. The molecule has 1 atom stereocenters. The highest BCUT2D eigenvalue weighted by molar-refractivity contribution is 5.67. The first-order valence-corrected chi connectivity index (χ1v) is 3.79. The summed E-state index contributed by atoms with van der Waals surface area (Å²) in [6.45, 7) is 6.46. The number of carbonyl (C=O) groups is 1. The minimum absolute atomic E-state index is 0.00681. The van der Waals surface area contributed by atoms with E-state index in [9.17, 15) is 4.79 Å². The number of carboxylic acid groups (broad SMARTS) is 1. The summed E-state index contributed by atoms with van der Waals surface area (Å²) in [6.07, 6.45) is 0.167. The minimum Gasteiger partial charge on any atom is -0.481 e. The third-order valence-corrected chi connectivity index (χ3v) is 1.93. The van der Waals surface area contributed by atoms with Crippen molar-refractivity contribution < 1.29 is 9.90 Å². The zero-order valence-corrected chi connectivity index (χ0v) is 7.42. The molecular formula is C8H17NO2.